The van der Waals surface area contributed by atoms with E-state index in [4.69, 9.17) is 11.6 Å². The second-order valence-electron chi connectivity index (χ2n) is 6.35. The van der Waals surface area contributed by atoms with Crippen LogP contribution in [0.2, 0.25) is 0 Å². The van der Waals surface area contributed by atoms with Crippen molar-refractivity contribution in [2.75, 3.05) is 17.3 Å². The number of para-hydroxylation sites is 2. The number of hydrogen-bond acceptors (Lipinski definition) is 2. The molecule has 27 heavy (non-hydrogen) atoms. The molecule has 2 heterocycles. The molecule has 0 spiro atoms. The molecule has 136 valence electrons. The van der Waals surface area contributed by atoms with E-state index in [0.717, 1.165) is 13.1 Å². The number of thioether (sulfide) groups is 1. The van der Waals surface area contributed by atoms with Gasteiger partial charge in [0.2, 0.25) is 5.52 Å². The van der Waals surface area contributed by atoms with Gasteiger partial charge in [-0.2, -0.15) is 4.57 Å². The Morgan fingerprint density at radius 1 is 1.07 bits per heavy atom. The van der Waals surface area contributed by atoms with Gasteiger partial charge < -0.3 is 4.90 Å². The van der Waals surface area contributed by atoms with E-state index in [9.17, 15) is 0 Å². The van der Waals surface area contributed by atoms with Crippen molar-refractivity contribution in [1.29, 1.82) is 0 Å². The van der Waals surface area contributed by atoms with Crippen molar-refractivity contribution < 1.29 is 4.57 Å². The fraction of sp³-hybridized carbons (Fsp3) is 0.174. The van der Waals surface area contributed by atoms with Crippen molar-refractivity contribution in [2.45, 2.75) is 18.4 Å². The highest BCUT2D eigenvalue weighted by Crippen LogP contribution is 2.45. The number of aromatic nitrogens is 1. The van der Waals surface area contributed by atoms with Gasteiger partial charge in [-0.05, 0) is 36.8 Å². The van der Waals surface area contributed by atoms with Gasteiger partial charge in [0, 0.05) is 29.5 Å². The van der Waals surface area contributed by atoms with Crippen LogP contribution in [0.25, 0.3) is 17.0 Å². The zero-order chi connectivity index (χ0) is 18.6. The Balaban J connectivity index is 1.65. The van der Waals surface area contributed by atoms with Gasteiger partial charge in [0.1, 0.15) is 6.54 Å². The number of benzene rings is 2. The number of halogens is 1. The Morgan fingerprint density at radius 3 is 2.74 bits per heavy atom. The van der Waals surface area contributed by atoms with Gasteiger partial charge in [0.05, 0.1) is 16.1 Å². The molecule has 0 fully saturated rings. The van der Waals surface area contributed by atoms with Gasteiger partial charge in [0.25, 0.3) is 0 Å². The summed E-state index contributed by atoms with van der Waals surface area (Å²) in [5.74, 6) is 0.607. The number of pyridine rings is 1. The minimum atomic E-state index is 0.607. The predicted octanol–water partition coefficient (Wildman–Crippen LogP) is 5.85. The molecule has 4 rings (SSSR count). The van der Waals surface area contributed by atoms with E-state index in [2.05, 4.69) is 95.4 Å². The molecule has 2 aromatic carbocycles. The van der Waals surface area contributed by atoms with Crippen molar-refractivity contribution in [3.8, 4) is 0 Å². The molecular weight excluding hydrogens is 372 g/mol. The second-order valence-corrected chi connectivity index (χ2v) is 7.79. The van der Waals surface area contributed by atoms with E-state index in [0.29, 0.717) is 5.88 Å². The summed E-state index contributed by atoms with van der Waals surface area (Å²) in [7, 11) is 0. The Labute approximate surface area is 169 Å². The quantitative estimate of drug-likeness (QED) is 0.396. The molecule has 4 heteroatoms. The van der Waals surface area contributed by atoms with Crippen molar-refractivity contribution in [2.24, 2.45) is 0 Å². The Morgan fingerprint density at radius 2 is 1.89 bits per heavy atom. The van der Waals surface area contributed by atoms with E-state index in [1.165, 1.54) is 32.1 Å². The van der Waals surface area contributed by atoms with Crippen molar-refractivity contribution >= 4 is 46.0 Å². The van der Waals surface area contributed by atoms with Crippen LogP contribution < -0.4 is 9.47 Å². The summed E-state index contributed by atoms with van der Waals surface area (Å²) in [6.07, 6.45) is 8.69. The van der Waals surface area contributed by atoms with Gasteiger partial charge in [-0.25, -0.2) is 0 Å². The lowest BCUT2D eigenvalue weighted by molar-refractivity contribution is -0.667. The molecule has 0 N–H and O–H groups in total. The highest BCUT2D eigenvalue weighted by atomic mass is 35.5. The van der Waals surface area contributed by atoms with Gasteiger partial charge in [-0.1, -0.05) is 48.2 Å². The molecule has 0 saturated heterocycles. The van der Waals surface area contributed by atoms with Crippen LogP contribution in [0.5, 0.6) is 0 Å². The molecule has 0 amide bonds. The molecule has 1 aliphatic heterocycles. The number of rotatable bonds is 5. The molecule has 0 aliphatic carbocycles. The minimum Gasteiger partial charge on any atom is -0.334 e. The zero-order valence-corrected chi connectivity index (χ0v) is 16.9. The van der Waals surface area contributed by atoms with Crippen LogP contribution in [0.15, 0.2) is 82.9 Å². The maximum Gasteiger partial charge on any atom is 0.213 e. The third-order valence-corrected chi connectivity index (χ3v) is 6.06. The number of aryl methyl sites for hydroxylation is 1. The monoisotopic (exact) mass is 393 g/mol. The molecule has 1 aromatic heterocycles. The topological polar surface area (TPSA) is 7.12 Å². The summed E-state index contributed by atoms with van der Waals surface area (Å²) in [6, 6.07) is 19.3. The summed E-state index contributed by atoms with van der Waals surface area (Å²) in [5.41, 5.74) is 3.75. The molecule has 0 saturated carbocycles. The summed E-state index contributed by atoms with van der Waals surface area (Å²) in [6.45, 7) is 3.96. The lowest BCUT2D eigenvalue weighted by Crippen LogP contribution is -2.32. The summed E-state index contributed by atoms with van der Waals surface area (Å²) >= 11 is 7.84. The first-order valence-corrected chi connectivity index (χ1v) is 10.6. The summed E-state index contributed by atoms with van der Waals surface area (Å²) < 4.78 is 2.27. The smallest absolute Gasteiger partial charge is 0.213 e. The molecule has 3 aromatic rings. The fourth-order valence-electron chi connectivity index (χ4n) is 3.46. The van der Waals surface area contributed by atoms with Crippen LogP contribution in [-0.4, -0.2) is 12.4 Å². The number of hydrogen-bond donors (Lipinski definition) is 0. The van der Waals surface area contributed by atoms with Gasteiger partial charge >= 0.3 is 0 Å². The molecule has 0 atom stereocenters. The normalized spacial score (nSPS) is 15.2. The van der Waals surface area contributed by atoms with Crippen LogP contribution in [0, 0.1) is 0 Å². The van der Waals surface area contributed by atoms with Gasteiger partial charge in [-0.3, -0.25) is 0 Å². The first kappa shape index (κ1) is 18.1. The lowest BCUT2D eigenvalue weighted by atomic mass is 10.1. The largest absolute Gasteiger partial charge is 0.334 e. The van der Waals surface area contributed by atoms with Gasteiger partial charge in [0.15, 0.2) is 6.20 Å². The average Bonchev–Trinajstić information content (AvgIpc) is 3.06. The number of anilines is 1. The minimum absolute atomic E-state index is 0.607. The lowest BCUT2D eigenvalue weighted by Gasteiger charge is -2.18. The fourth-order valence-corrected chi connectivity index (χ4v) is 4.73. The molecule has 1 aliphatic rings. The number of allylic oxidation sites excluding steroid dienone is 2. The third-order valence-electron chi connectivity index (χ3n) is 4.76. The van der Waals surface area contributed by atoms with Crippen LogP contribution in [-0.2, 0) is 6.54 Å². The first-order valence-electron chi connectivity index (χ1n) is 9.21. The maximum absolute atomic E-state index is 6.04. The Bertz CT molecular complexity index is 1030. The Hall–Kier alpha value is -2.23. The van der Waals surface area contributed by atoms with Gasteiger partial charge in [-0.15, -0.1) is 11.6 Å². The average molecular weight is 394 g/mol. The Kier molecular flexibility index (Phi) is 5.51. The highest BCUT2D eigenvalue weighted by molar-refractivity contribution is 8.03. The summed E-state index contributed by atoms with van der Waals surface area (Å²) in [5, 5.41) is 2.49. The van der Waals surface area contributed by atoms with E-state index in [1.807, 2.05) is 0 Å². The predicted molar refractivity (Wildman–Crippen MR) is 117 cm³/mol. The van der Waals surface area contributed by atoms with E-state index in [1.54, 1.807) is 11.8 Å². The molecular formula is C23H22ClN2S+. The van der Waals surface area contributed by atoms with E-state index >= 15 is 0 Å². The number of fused-ring (bicyclic) bond motifs is 2. The van der Waals surface area contributed by atoms with Crippen LogP contribution in [0.3, 0.4) is 0 Å². The SMILES string of the molecule is CC[n+]1ccc(/C=C/C=C2/Sc3ccccc3N2CCCl)c2ccccc21. The zero-order valence-electron chi connectivity index (χ0n) is 15.3. The van der Waals surface area contributed by atoms with Crippen molar-refractivity contribution in [3.05, 3.63) is 83.5 Å². The number of nitrogens with zero attached hydrogens (tertiary/aromatic N) is 2. The van der Waals surface area contributed by atoms with Crippen LogP contribution in [0.4, 0.5) is 5.69 Å². The third kappa shape index (κ3) is 3.62. The van der Waals surface area contributed by atoms with E-state index in [-0.39, 0.29) is 0 Å². The molecule has 0 bridgehead atoms. The number of alkyl halides is 1. The highest BCUT2D eigenvalue weighted by Gasteiger charge is 2.23. The molecule has 2 nitrogen and oxygen atoms in total. The van der Waals surface area contributed by atoms with Crippen LogP contribution >= 0.6 is 23.4 Å². The molecule has 0 unspecified atom stereocenters. The molecule has 0 radical (unpaired) electrons. The maximum atomic E-state index is 6.04. The van der Waals surface area contributed by atoms with Crippen molar-refractivity contribution in [3.63, 3.8) is 0 Å². The first-order chi connectivity index (χ1) is 13.3. The standard InChI is InChI=1S/C23H22ClN2S/c1-2-25-16-14-18(19-9-3-4-10-20(19)25)8-7-13-23-26(17-15-24)21-11-5-6-12-22(21)27-23/h3-14,16H,2,15,17H2,1H3/q+1. The van der Waals surface area contributed by atoms with Crippen molar-refractivity contribution in [1.82, 2.24) is 0 Å². The summed E-state index contributed by atoms with van der Waals surface area (Å²) in [4.78, 5) is 3.59. The van der Waals surface area contributed by atoms with Crippen LogP contribution in [0.1, 0.15) is 12.5 Å². The van der Waals surface area contributed by atoms with E-state index < -0.39 is 0 Å². The second kappa shape index (κ2) is 8.20.